The third kappa shape index (κ3) is 2.25. The average molecular weight is 350 g/mol. The molecule has 0 N–H and O–H groups in total. The van der Waals surface area contributed by atoms with Crippen LogP contribution in [0.4, 0.5) is 0 Å². The summed E-state index contributed by atoms with van der Waals surface area (Å²) in [6.45, 7) is 2.95. The van der Waals surface area contributed by atoms with Crippen LogP contribution in [0, 0.1) is 0 Å². The first-order chi connectivity index (χ1) is 12.6. The Hall–Kier alpha value is -3.03. The van der Waals surface area contributed by atoms with Gasteiger partial charge in [-0.15, -0.1) is 10.2 Å². The van der Waals surface area contributed by atoms with Gasteiger partial charge in [0.1, 0.15) is 17.0 Å². The van der Waals surface area contributed by atoms with Crippen LogP contribution in [0.15, 0.2) is 35.4 Å². The maximum atomic E-state index is 13.0. The molecule has 2 aliphatic rings. The van der Waals surface area contributed by atoms with E-state index < -0.39 is 0 Å². The predicted octanol–water partition coefficient (Wildman–Crippen LogP) is 1.38. The lowest BCUT2D eigenvalue weighted by molar-refractivity contribution is 0.0677. The first kappa shape index (κ1) is 15.2. The van der Waals surface area contributed by atoms with Gasteiger partial charge in [0.05, 0.1) is 12.6 Å². The number of pyridine rings is 1. The summed E-state index contributed by atoms with van der Waals surface area (Å²) in [6.07, 6.45) is 5.32. The van der Waals surface area contributed by atoms with Crippen molar-refractivity contribution in [3.8, 4) is 0 Å². The van der Waals surface area contributed by atoms with Crippen molar-refractivity contribution in [1.82, 2.24) is 29.0 Å². The van der Waals surface area contributed by atoms with Gasteiger partial charge >= 0.3 is 0 Å². The van der Waals surface area contributed by atoms with E-state index >= 15 is 0 Å². The lowest BCUT2D eigenvalue weighted by Gasteiger charge is -2.32. The largest absolute Gasteiger partial charge is 0.329 e. The van der Waals surface area contributed by atoms with Gasteiger partial charge in [0.15, 0.2) is 5.82 Å². The smallest absolute Gasteiger partial charge is 0.270 e. The fourth-order valence-electron chi connectivity index (χ4n) is 3.68. The molecule has 0 bridgehead atoms. The van der Waals surface area contributed by atoms with Crippen LogP contribution in [0.5, 0.6) is 0 Å². The first-order valence-corrected chi connectivity index (χ1v) is 8.83. The molecular weight excluding hydrogens is 332 g/mol. The third-order valence-corrected chi connectivity index (χ3v) is 5.12. The summed E-state index contributed by atoms with van der Waals surface area (Å²) < 4.78 is 3.56. The van der Waals surface area contributed by atoms with Crippen LogP contribution < -0.4 is 5.56 Å². The number of carbonyl (C=O) groups is 1. The number of aromatic nitrogens is 5. The van der Waals surface area contributed by atoms with Crippen LogP contribution in [0.3, 0.4) is 0 Å². The zero-order valence-electron chi connectivity index (χ0n) is 14.4. The Kier molecular flexibility index (Phi) is 3.22. The molecule has 1 fully saturated rings. The normalized spacial score (nSPS) is 19.6. The average Bonchev–Trinajstić information content (AvgIpc) is 3.41. The molecule has 1 saturated carbocycles. The van der Waals surface area contributed by atoms with Gasteiger partial charge in [-0.1, -0.05) is 6.07 Å². The van der Waals surface area contributed by atoms with Crippen LogP contribution in [0.2, 0.25) is 0 Å². The fraction of sp³-hybridized carbons (Fsp3) is 0.389. The van der Waals surface area contributed by atoms with Gasteiger partial charge in [-0.3, -0.25) is 14.0 Å². The highest BCUT2D eigenvalue weighted by Gasteiger charge is 2.36. The van der Waals surface area contributed by atoms with E-state index in [1.54, 1.807) is 29.3 Å². The molecule has 0 aromatic carbocycles. The summed E-state index contributed by atoms with van der Waals surface area (Å²) in [5.41, 5.74) is 0.255. The predicted molar refractivity (Wildman–Crippen MR) is 92.9 cm³/mol. The minimum atomic E-state index is -0.348. The molecule has 1 aliphatic carbocycles. The van der Waals surface area contributed by atoms with Crippen molar-refractivity contribution in [1.29, 1.82) is 0 Å². The second-order valence-electron chi connectivity index (χ2n) is 7.06. The van der Waals surface area contributed by atoms with Crippen molar-refractivity contribution >= 4 is 11.6 Å². The van der Waals surface area contributed by atoms with Gasteiger partial charge in [-0.2, -0.15) is 0 Å². The summed E-state index contributed by atoms with van der Waals surface area (Å²) in [6, 6.07) is 5.37. The number of nitrogens with zero attached hydrogens (tertiary/aromatic N) is 6. The summed E-state index contributed by atoms with van der Waals surface area (Å²) in [4.78, 5) is 31.6. The van der Waals surface area contributed by atoms with E-state index in [0.29, 0.717) is 24.7 Å². The van der Waals surface area contributed by atoms with Gasteiger partial charge in [-0.25, -0.2) is 4.98 Å². The summed E-state index contributed by atoms with van der Waals surface area (Å²) >= 11 is 0. The Balaban J connectivity index is 1.50. The highest BCUT2D eigenvalue weighted by atomic mass is 16.2. The second kappa shape index (κ2) is 5.48. The van der Waals surface area contributed by atoms with Crippen molar-refractivity contribution in [2.24, 2.45) is 0 Å². The standard InChI is InChI=1S/C18H18N6O2/c1-11-9-22(10-15-20-21-16(24(11)15)12-5-6-12)17(25)13-8-19-14-4-2-3-7-23(14)18(13)26/h2-4,7-8,11-12H,5-6,9-10H2,1H3/t11-/m0/s1. The van der Waals surface area contributed by atoms with E-state index in [2.05, 4.69) is 26.7 Å². The van der Waals surface area contributed by atoms with Crippen molar-refractivity contribution in [3.05, 3.63) is 58.2 Å². The number of fused-ring (bicyclic) bond motifs is 2. The van der Waals surface area contributed by atoms with Crippen LogP contribution in [0.1, 0.15) is 53.7 Å². The third-order valence-electron chi connectivity index (χ3n) is 5.12. The molecular formula is C18H18N6O2. The van der Waals surface area contributed by atoms with E-state index in [0.717, 1.165) is 24.5 Å². The maximum Gasteiger partial charge on any atom is 0.270 e. The van der Waals surface area contributed by atoms with E-state index in [-0.39, 0.29) is 23.1 Å². The lowest BCUT2D eigenvalue weighted by Crippen LogP contribution is -2.42. The fourth-order valence-corrected chi connectivity index (χ4v) is 3.68. The maximum absolute atomic E-state index is 13.0. The Morgan fingerprint density at radius 3 is 2.88 bits per heavy atom. The van der Waals surface area contributed by atoms with Gasteiger partial charge in [0.25, 0.3) is 11.5 Å². The van der Waals surface area contributed by atoms with Crippen molar-refractivity contribution in [2.45, 2.75) is 38.3 Å². The molecule has 0 unspecified atom stereocenters. The first-order valence-electron chi connectivity index (χ1n) is 8.83. The molecule has 5 rings (SSSR count). The van der Waals surface area contributed by atoms with Gasteiger partial charge in [0, 0.05) is 24.9 Å². The SMILES string of the molecule is C[C@H]1CN(C(=O)c2cnc3ccccn3c2=O)Cc2nnc(C3CC3)n21. The van der Waals surface area contributed by atoms with Gasteiger partial charge in [-0.05, 0) is 31.9 Å². The summed E-state index contributed by atoms with van der Waals surface area (Å²) in [5, 5.41) is 8.62. The van der Waals surface area contributed by atoms with E-state index in [1.807, 2.05) is 0 Å². The zero-order valence-corrected chi connectivity index (χ0v) is 14.4. The van der Waals surface area contributed by atoms with Crippen LogP contribution in [-0.4, -0.2) is 41.5 Å². The van der Waals surface area contributed by atoms with Gasteiger partial charge in [0.2, 0.25) is 0 Å². The molecule has 8 heteroatoms. The molecule has 0 saturated heterocycles. The molecule has 1 aliphatic heterocycles. The monoisotopic (exact) mass is 350 g/mol. The molecule has 0 radical (unpaired) electrons. The molecule has 8 nitrogen and oxygen atoms in total. The molecule has 3 aromatic rings. The van der Waals surface area contributed by atoms with Crippen LogP contribution >= 0.6 is 0 Å². The van der Waals surface area contributed by atoms with Crippen LogP contribution in [-0.2, 0) is 6.54 Å². The second-order valence-corrected chi connectivity index (χ2v) is 7.06. The van der Waals surface area contributed by atoms with E-state index in [1.165, 1.54) is 10.6 Å². The number of hydrogen-bond donors (Lipinski definition) is 0. The minimum Gasteiger partial charge on any atom is -0.329 e. The molecule has 3 aromatic heterocycles. The van der Waals surface area contributed by atoms with Crippen molar-refractivity contribution in [2.75, 3.05) is 6.54 Å². The zero-order chi connectivity index (χ0) is 17.8. The molecule has 4 heterocycles. The quantitative estimate of drug-likeness (QED) is 0.697. The molecule has 0 spiro atoms. The molecule has 1 atom stereocenters. The minimum absolute atomic E-state index is 0.0799. The molecule has 1 amide bonds. The van der Waals surface area contributed by atoms with Crippen molar-refractivity contribution in [3.63, 3.8) is 0 Å². The Morgan fingerprint density at radius 2 is 2.08 bits per heavy atom. The lowest BCUT2D eigenvalue weighted by atomic mass is 10.2. The number of hydrogen-bond acceptors (Lipinski definition) is 5. The number of rotatable bonds is 2. The summed E-state index contributed by atoms with van der Waals surface area (Å²) in [5.74, 6) is 2.02. The topological polar surface area (TPSA) is 85.4 Å². The Labute approximate surface area is 149 Å². The number of carbonyl (C=O) groups excluding carboxylic acids is 1. The van der Waals surface area contributed by atoms with Crippen LogP contribution in [0.25, 0.3) is 5.65 Å². The highest BCUT2D eigenvalue weighted by Crippen LogP contribution is 2.41. The van der Waals surface area contributed by atoms with Crippen molar-refractivity contribution < 1.29 is 4.79 Å². The molecule has 26 heavy (non-hydrogen) atoms. The Bertz CT molecular complexity index is 1080. The highest BCUT2D eigenvalue weighted by molar-refractivity contribution is 5.93. The van der Waals surface area contributed by atoms with E-state index in [9.17, 15) is 9.59 Å². The van der Waals surface area contributed by atoms with E-state index in [4.69, 9.17) is 0 Å². The Morgan fingerprint density at radius 1 is 1.23 bits per heavy atom. The number of amides is 1. The summed E-state index contributed by atoms with van der Waals surface area (Å²) in [7, 11) is 0. The van der Waals surface area contributed by atoms with Gasteiger partial charge < -0.3 is 9.47 Å². The molecule has 132 valence electrons.